The average Bonchev–Trinajstić information content (AvgIpc) is 3.15. The standard InChI is InChI=1S/C14H19FN2O2/c15-11-3-5-12(6-4-11)19-10-2-1-9-17-13(18)14(16)7-8-14/h3-6H,1-2,7-10,16H2,(H,17,18). The Hall–Kier alpha value is -1.62. The van der Waals surface area contributed by atoms with Crippen LogP contribution in [0.1, 0.15) is 25.7 Å². The van der Waals surface area contributed by atoms with E-state index in [1.807, 2.05) is 0 Å². The van der Waals surface area contributed by atoms with Crippen molar-refractivity contribution in [1.29, 1.82) is 0 Å². The first-order chi connectivity index (χ1) is 9.10. The largest absolute Gasteiger partial charge is 0.494 e. The van der Waals surface area contributed by atoms with Crippen LogP contribution in [0.4, 0.5) is 4.39 Å². The molecule has 1 aliphatic carbocycles. The van der Waals surface area contributed by atoms with Gasteiger partial charge in [-0.2, -0.15) is 0 Å². The van der Waals surface area contributed by atoms with Crippen LogP contribution in [0.5, 0.6) is 5.75 Å². The lowest BCUT2D eigenvalue weighted by atomic mass is 10.2. The summed E-state index contributed by atoms with van der Waals surface area (Å²) in [5, 5.41) is 2.82. The SMILES string of the molecule is NC1(C(=O)NCCCCOc2ccc(F)cc2)CC1. The van der Waals surface area contributed by atoms with Gasteiger partial charge in [-0.05, 0) is 49.9 Å². The fraction of sp³-hybridized carbons (Fsp3) is 0.500. The molecule has 0 saturated heterocycles. The van der Waals surface area contributed by atoms with Crippen molar-refractivity contribution < 1.29 is 13.9 Å². The van der Waals surface area contributed by atoms with Crippen molar-refractivity contribution in [2.45, 2.75) is 31.2 Å². The van der Waals surface area contributed by atoms with Crippen LogP contribution in [0.3, 0.4) is 0 Å². The molecule has 0 radical (unpaired) electrons. The Labute approximate surface area is 112 Å². The molecule has 1 saturated carbocycles. The number of nitrogens with two attached hydrogens (primary N) is 1. The summed E-state index contributed by atoms with van der Waals surface area (Å²) < 4.78 is 18.1. The predicted molar refractivity (Wildman–Crippen MR) is 70.3 cm³/mol. The summed E-state index contributed by atoms with van der Waals surface area (Å²) in [5.74, 6) is 0.335. The molecule has 1 aliphatic rings. The Balaban J connectivity index is 1.52. The van der Waals surface area contributed by atoms with Crippen LogP contribution < -0.4 is 15.8 Å². The number of nitrogens with one attached hydrogen (secondary N) is 1. The lowest BCUT2D eigenvalue weighted by Gasteiger charge is -2.10. The van der Waals surface area contributed by atoms with Crippen LogP contribution in [0, 0.1) is 5.82 Å². The van der Waals surface area contributed by atoms with Crippen molar-refractivity contribution >= 4 is 5.91 Å². The van der Waals surface area contributed by atoms with Gasteiger partial charge in [0.05, 0.1) is 12.1 Å². The quantitative estimate of drug-likeness (QED) is 0.737. The molecule has 0 unspecified atom stereocenters. The summed E-state index contributed by atoms with van der Waals surface area (Å²) in [4.78, 5) is 11.5. The molecule has 1 amide bonds. The Morgan fingerprint density at radius 3 is 2.63 bits per heavy atom. The van der Waals surface area contributed by atoms with Gasteiger partial charge >= 0.3 is 0 Å². The van der Waals surface area contributed by atoms with E-state index in [4.69, 9.17) is 10.5 Å². The van der Waals surface area contributed by atoms with E-state index in [1.54, 1.807) is 12.1 Å². The fourth-order valence-corrected chi connectivity index (χ4v) is 1.69. The normalized spacial score (nSPS) is 15.9. The predicted octanol–water partition coefficient (Wildman–Crippen LogP) is 1.59. The molecule has 0 aromatic heterocycles. The van der Waals surface area contributed by atoms with Gasteiger partial charge in [-0.25, -0.2) is 4.39 Å². The summed E-state index contributed by atoms with van der Waals surface area (Å²) in [5.41, 5.74) is 5.16. The summed E-state index contributed by atoms with van der Waals surface area (Å²) >= 11 is 0. The molecule has 1 fully saturated rings. The minimum absolute atomic E-state index is 0.0491. The van der Waals surface area contributed by atoms with E-state index in [0.29, 0.717) is 18.9 Å². The van der Waals surface area contributed by atoms with Crippen molar-refractivity contribution in [1.82, 2.24) is 5.32 Å². The summed E-state index contributed by atoms with van der Waals surface area (Å²) in [7, 11) is 0. The third kappa shape index (κ3) is 4.21. The van der Waals surface area contributed by atoms with E-state index < -0.39 is 5.54 Å². The number of halogens is 1. The first kappa shape index (κ1) is 13.8. The molecule has 3 N–H and O–H groups in total. The highest BCUT2D eigenvalue weighted by Crippen LogP contribution is 2.31. The smallest absolute Gasteiger partial charge is 0.240 e. The molecule has 19 heavy (non-hydrogen) atoms. The van der Waals surface area contributed by atoms with Crippen molar-refractivity contribution in [2.24, 2.45) is 5.73 Å². The highest BCUT2D eigenvalue weighted by molar-refractivity contribution is 5.88. The summed E-state index contributed by atoms with van der Waals surface area (Å²) in [6.07, 6.45) is 3.23. The molecule has 4 nitrogen and oxygen atoms in total. The first-order valence-electron chi connectivity index (χ1n) is 6.56. The Bertz CT molecular complexity index is 430. The van der Waals surface area contributed by atoms with Crippen LogP contribution >= 0.6 is 0 Å². The van der Waals surface area contributed by atoms with Crippen LogP contribution in [0.2, 0.25) is 0 Å². The summed E-state index contributed by atoms with van der Waals surface area (Å²) in [6, 6.07) is 5.93. The van der Waals surface area contributed by atoms with E-state index in [1.165, 1.54) is 12.1 Å². The van der Waals surface area contributed by atoms with Crippen LogP contribution in [0.15, 0.2) is 24.3 Å². The molecule has 5 heteroatoms. The monoisotopic (exact) mass is 266 g/mol. The number of carbonyl (C=O) groups is 1. The zero-order valence-corrected chi connectivity index (χ0v) is 10.8. The number of benzene rings is 1. The van der Waals surface area contributed by atoms with Gasteiger partial charge in [-0.3, -0.25) is 4.79 Å². The van der Waals surface area contributed by atoms with Crippen molar-refractivity contribution in [3.63, 3.8) is 0 Å². The maximum absolute atomic E-state index is 12.6. The van der Waals surface area contributed by atoms with E-state index in [2.05, 4.69) is 5.32 Å². The highest BCUT2D eigenvalue weighted by Gasteiger charge is 2.45. The topological polar surface area (TPSA) is 64.4 Å². The van der Waals surface area contributed by atoms with Gasteiger partial charge in [-0.15, -0.1) is 0 Å². The number of ether oxygens (including phenoxy) is 1. The lowest BCUT2D eigenvalue weighted by molar-refractivity contribution is -0.123. The molecule has 2 rings (SSSR count). The average molecular weight is 266 g/mol. The molecular weight excluding hydrogens is 247 g/mol. The van der Waals surface area contributed by atoms with E-state index in [9.17, 15) is 9.18 Å². The van der Waals surface area contributed by atoms with Gasteiger partial charge in [0.25, 0.3) is 0 Å². The van der Waals surface area contributed by atoms with Gasteiger partial charge in [-0.1, -0.05) is 0 Å². The Kier molecular flexibility index (Phi) is 4.37. The maximum Gasteiger partial charge on any atom is 0.240 e. The Morgan fingerprint density at radius 2 is 2.00 bits per heavy atom. The van der Waals surface area contributed by atoms with E-state index in [-0.39, 0.29) is 11.7 Å². The fourth-order valence-electron chi connectivity index (χ4n) is 1.69. The molecule has 104 valence electrons. The van der Waals surface area contributed by atoms with Gasteiger partial charge in [0.15, 0.2) is 0 Å². The minimum atomic E-state index is -0.593. The van der Waals surface area contributed by atoms with Crippen LogP contribution in [-0.4, -0.2) is 24.6 Å². The summed E-state index contributed by atoms with van der Waals surface area (Å²) in [6.45, 7) is 1.17. The molecule has 1 aromatic rings. The molecule has 0 heterocycles. The number of amides is 1. The van der Waals surface area contributed by atoms with Crippen molar-refractivity contribution in [2.75, 3.05) is 13.2 Å². The van der Waals surface area contributed by atoms with E-state index >= 15 is 0 Å². The van der Waals surface area contributed by atoms with Crippen molar-refractivity contribution in [3.05, 3.63) is 30.1 Å². The van der Waals surface area contributed by atoms with Gasteiger partial charge in [0.2, 0.25) is 5.91 Å². The number of carbonyl (C=O) groups excluding carboxylic acids is 1. The molecule has 0 bridgehead atoms. The van der Waals surface area contributed by atoms with Crippen LogP contribution in [0.25, 0.3) is 0 Å². The van der Waals surface area contributed by atoms with Crippen LogP contribution in [-0.2, 0) is 4.79 Å². The molecule has 0 spiro atoms. The van der Waals surface area contributed by atoms with E-state index in [0.717, 1.165) is 25.7 Å². The minimum Gasteiger partial charge on any atom is -0.494 e. The highest BCUT2D eigenvalue weighted by atomic mass is 19.1. The zero-order chi connectivity index (χ0) is 13.7. The third-order valence-corrected chi connectivity index (χ3v) is 3.18. The van der Waals surface area contributed by atoms with Gasteiger partial charge < -0.3 is 15.8 Å². The second kappa shape index (κ2) is 6.02. The second-order valence-electron chi connectivity index (χ2n) is 4.92. The third-order valence-electron chi connectivity index (χ3n) is 3.18. The number of hydrogen-bond acceptors (Lipinski definition) is 3. The van der Waals surface area contributed by atoms with Gasteiger partial charge in [0, 0.05) is 6.54 Å². The molecular formula is C14H19FN2O2. The second-order valence-corrected chi connectivity index (χ2v) is 4.92. The van der Waals surface area contributed by atoms with Gasteiger partial charge in [0.1, 0.15) is 11.6 Å². The number of unbranched alkanes of at least 4 members (excludes halogenated alkanes) is 1. The number of hydrogen-bond donors (Lipinski definition) is 2. The Morgan fingerprint density at radius 1 is 1.32 bits per heavy atom. The zero-order valence-electron chi connectivity index (χ0n) is 10.8. The molecule has 0 aliphatic heterocycles. The first-order valence-corrected chi connectivity index (χ1v) is 6.56. The number of rotatable bonds is 7. The molecule has 0 atom stereocenters. The van der Waals surface area contributed by atoms with Crippen molar-refractivity contribution in [3.8, 4) is 5.75 Å². The lowest BCUT2D eigenvalue weighted by Crippen LogP contribution is -2.43. The molecule has 1 aromatic carbocycles. The maximum atomic E-state index is 12.6.